The molecule has 8 heteroatoms. The maximum absolute atomic E-state index is 11.1. The smallest absolute Gasteiger partial charge is 0.341 e. The van der Waals surface area contributed by atoms with Gasteiger partial charge >= 0.3 is 5.97 Å². The molecule has 6 nitrogen and oxygen atoms in total. The van der Waals surface area contributed by atoms with Crippen molar-refractivity contribution in [2.24, 2.45) is 0 Å². The molecule has 0 saturated heterocycles. The lowest BCUT2D eigenvalue weighted by atomic mass is 10.1. The summed E-state index contributed by atoms with van der Waals surface area (Å²) in [6.07, 6.45) is 0. The van der Waals surface area contributed by atoms with Crippen LogP contribution < -0.4 is 9.47 Å². The second-order valence-corrected chi connectivity index (χ2v) is 8.51. The molecule has 0 aliphatic carbocycles. The molecule has 0 radical (unpaired) electrons. The van der Waals surface area contributed by atoms with Crippen molar-refractivity contribution in [1.82, 2.24) is 9.78 Å². The number of carbonyl (C=O) groups is 1. The third-order valence-corrected chi connectivity index (χ3v) is 5.98. The van der Waals surface area contributed by atoms with Crippen LogP contribution in [-0.4, -0.2) is 34.6 Å². The zero-order valence-electron chi connectivity index (χ0n) is 18.6. The molecule has 0 fully saturated rings. The average molecular weight is 497 g/mol. The summed E-state index contributed by atoms with van der Waals surface area (Å²) in [6, 6.07) is 20.6. The lowest BCUT2D eigenvalue weighted by molar-refractivity contribution is -0.139. The van der Waals surface area contributed by atoms with E-state index < -0.39 is 12.6 Å². The molecule has 0 aliphatic rings. The van der Waals surface area contributed by atoms with Crippen LogP contribution in [0.25, 0.3) is 22.5 Å². The topological polar surface area (TPSA) is 73.6 Å². The van der Waals surface area contributed by atoms with Crippen molar-refractivity contribution in [3.8, 4) is 34.0 Å². The number of halogens is 2. The third-order valence-electron chi connectivity index (χ3n) is 5.32. The van der Waals surface area contributed by atoms with Crippen molar-refractivity contribution >= 4 is 29.2 Å². The molecule has 0 atom stereocenters. The summed E-state index contributed by atoms with van der Waals surface area (Å²) in [7, 11) is 1.63. The van der Waals surface area contributed by atoms with Gasteiger partial charge in [0, 0.05) is 21.2 Å². The van der Waals surface area contributed by atoms with Gasteiger partial charge in [-0.3, -0.25) is 4.68 Å². The van der Waals surface area contributed by atoms with Crippen LogP contribution in [0.5, 0.6) is 11.5 Å². The maximum atomic E-state index is 11.1. The van der Waals surface area contributed by atoms with Crippen molar-refractivity contribution < 1.29 is 19.4 Å². The van der Waals surface area contributed by atoms with E-state index in [1.807, 2.05) is 66.2 Å². The largest absolute Gasteiger partial charge is 0.496 e. The number of nitrogens with zero attached hydrogens (tertiary/aromatic N) is 2. The minimum absolute atomic E-state index is 0.397. The van der Waals surface area contributed by atoms with Crippen molar-refractivity contribution in [2.75, 3.05) is 13.7 Å². The van der Waals surface area contributed by atoms with E-state index in [1.165, 1.54) is 0 Å². The van der Waals surface area contributed by atoms with Crippen LogP contribution in [0.1, 0.15) is 11.1 Å². The van der Waals surface area contributed by atoms with E-state index in [-0.39, 0.29) is 0 Å². The molecule has 1 N–H and O–H groups in total. The molecule has 0 amide bonds. The minimum atomic E-state index is -1.07. The SMILES string of the molecule is COc1ccccc1Cn1nc(-c2cc(Cl)c(C)cc2OCC(=O)O)cc1-c1ccc(Cl)cc1. The quantitative estimate of drug-likeness (QED) is 0.307. The van der Waals surface area contributed by atoms with E-state index in [4.69, 9.17) is 42.9 Å². The van der Waals surface area contributed by atoms with Crippen LogP contribution in [0, 0.1) is 6.92 Å². The molecule has 0 bridgehead atoms. The van der Waals surface area contributed by atoms with Gasteiger partial charge in [-0.15, -0.1) is 0 Å². The normalized spacial score (nSPS) is 10.8. The average Bonchev–Trinajstić information content (AvgIpc) is 3.23. The Morgan fingerprint density at radius 3 is 2.47 bits per heavy atom. The summed E-state index contributed by atoms with van der Waals surface area (Å²) in [6.45, 7) is 1.81. The number of aromatic nitrogens is 2. The zero-order chi connectivity index (χ0) is 24.2. The zero-order valence-corrected chi connectivity index (χ0v) is 20.1. The predicted molar refractivity (Wildman–Crippen MR) is 133 cm³/mol. The fraction of sp³-hybridized carbons (Fsp3) is 0.154. The highest BCUT2D eigenvalue weighted by atomic mass is 35.5. The van der Waals surface area contributed by atoms with Gasteiger partial charge in [0.1, 0.15) is 11.5 Å². The Kier molecular flexibility index (Phi) is 7.10. The van der Waals surface area contributed by atoms with Gasteiger partial charge in [0.2, 0.25) is 0 Å². The number of para-hydroxylation sites is 1. The summed E-state index contributed by atoms with van der Waals surface area (Å²) in [5.41, 5.74) is 4.70. The second kappa shape index (κ2) is 10.2. The number of benzene rings is 3. The highest BCUT2D eigenvalue weighted by Crippen LogP contribution is 2.37. The van der Waals surface area contributed by atoms with Gasteiger partial charge in [-0.05, 0) is 54.4 Å². The number of carboxylic acid groups (broad SMARTS) is 1. The van der Waals surface area contributed by atoms with Gasteiger partial charge in [-0.2, -0.15) is 5.10 Å². The first-order chi connectivity index (χ1) is 16.4. The number of aliphatic carboxylic acids is 1. The Morgan fingerprint density at radius 2 is 1.76 bits per heavy atom. The lowest BCUT2D eigenvalue weighted by Crippen LogP contribution is -2.10. The molecule has 4 aromatic rings. The maximum Gasteiger partial charge on any atom is 0.341 e. The van der Waals surface area contributed by atoms with E-state index in [1.54, 1.807) is 19.2 Å². The lowest BCUT2D eigenvalue weighted by Gasteiger charge is -2.12. The van der Waals surface area contributed by atoms with Crippen LogP contribution >= 0.6 is 23.2 Å². The summed E-state index contributed by atoms with van der Waals surface area (Å²) < 4.78 is 13.0. The molecular weight excluding hydrogens is 475 g/mol. The first-order valence-electron chi connectivity index (χ1n) is 10.5. The van der Waals surface area contributed by atoms with E-state index >= 15 is 0 Å². The summed E-state index contributed by atoms with van der Waals surface area (Å²) in [4.78, 5) is 11.1. The van der Waals surface area contributed by atoms with Gasteiger partial charge in [-0.1, -0.05) is 53.5 Å². The third kappa shape index (κ3) is 5.19. The summed E-state index contributed by atoms with van der Waals surface area (Å²) >= 11 is 12.5. The van der Waals surface area contributed by atoms with Crippen LogP contribution in [-0.2, 0) is 11.3 Å². The van der Waals surface area contributed by atoms with Gasteiger partial charge in [-0.25, -0.2) is 4.79 Å². The van der Waals surface area contributed by atoms with Crippen LogP contribution in [0.15, 0.2) is 66.7 Å². The highest BCUT2D eigenvalue weighted by molar-refractivity contribution is 6.31. The van der Waals surface area contributed by atoms with E-state index in [0.29, 0.717) is 33.6 Å². The fourth-order valence-corrected chi connectivity index (χ4v) is 3.92. The number of ether oxygens (including phenoxy) is 2. The standard InChI is InChI=1S/C26H22Cl2N2O4/c1-16-11-25(34-15-26(31)32)20(12-21(16)28)22-13-23(17-7-9-19(27)10-8-17)30(29-22)14-18-5-3-4-6-24(18)33-2/h3-13H,14-15H2,1-2H3,(H,31,32). The van der Waals surface area contributed by atoms with E-state index in [9.17, 15) is 4.79 Å². The molecule has 3 aromatic carbocycles. The molecule has 4 rings (SSSR count). The predicted octanol–water partition coefficient (Wildman–Crippen LogP) is 6.35. The van der Waals surface area contributed by atoms with Crippen LogP contribution in [0.3, 0.4) is 0 Å². The molecule has 0 saturated carbocycles. The molecule has 1 aromatic heterocycles. The first-order valence-corrected chi connectivity index (χ1v) is 11.2. The number of hydrogen-bond acceptors (Lipinski definition) is 4. The van der Waals surface area contributed by atoms with Gasteiger partial charge in [0.25, 0.3) is 0 Å². The number of carboxylic acids is 1. The highest BCUT2D eigenvalue weighted by Gasteiger charge is 2.18. The Labute approximate surface area is 207 Å². The van der Waals surface area contributed by atoms with Crippen LogP contribution in [0.4, 0.5) is 0 Å². The molecule has 34 heavy (non-hydrogen) atoms. The number of aryl methyl sites for hydroxylation is 1. The number of rotatable bonds is 8. The minimum Gasteiger partial charge on any atom is -0.496 e. The Hall–Kier alpha value is -3.48. The summed E-state index contributed by atoms with van der Waals surface area (Å²) in [5.74, 6) is 0.0847. The van der Waals surface area contributed by atoms with Crippen molar-refractivity contribution in [1.29, 1.82) is 0 Å². The Morgan fingerprint density at radius 1 is 1.03 bits per heavy atom. The number of hydrogen-bond donors (Lipinski definition) is 1. The molecule has 174 valence electrons. The molecule has 0 aliphatic heterocycles. The molecule has 0 unspecified atom stereocenters. The monoisotopic (exact) mass is 496 g/mol. The second-order valence-electron chi connectivity index (χ2n) is 7.67. The van der Waals surface area contributed by atoms with Gasteiger partial charge in [0.05, 0.1) is 25.0 Å². The van der Waals surface area contributed by atoms with Gasteiger partial charge < -0.3 is 14.6 Å². The summed E-state index contributed by atoms with van der Waals surface area (Å²) in [5, 5.41) is 15.1. The van der Waals surface area contributed by atoms with Gasteiger partial charge in [0.15, 0.2) is 6.61 Å². The van der Waals surface area contributed by atoms with Crippen molar-refractivity contribution in [3.05, 3.63) is 87.9 Å². The number of methoxy groups -OCH3 is 1. The Bertz CT molecular complexity index is 1330. The molecular formula is C26H22Cl2N2O4. The fourth-order valence-electron chi connectivity index (χ4n) is 3.63. The van der Waals surface area contributed by atoms with E-state index in [0.717, 1.165) is 28.1 Å². The molecule has 0 spiro atoms. The first kappa shape index (κ1) is 23.7. The van der Waals surface area contributed by atoms with E-state index in [2.05, 4.69) is 0 Å². The molecule has 1 heterocycles. The van der Waals surface area contributed by atoms with Crippen molar-refractivity contribution in [2.45, 2.75) is 13.5 Å². The Balaban J connectivity index is 1.85. The van der Waals surface area contributed by atoms with Crippen molar-refractivity contribution in [3.63, 3.8) is 0 Å². The van der Waals surface area contributed by atoms with Crippen LogP contribution in [0.2, 0.25) is 10.0 Å².